The van der Waals surface area contributed by atoms with E-state index in [-0.39, 0.29) is 17.9 Å². The van der Waals surface area contributed by atoms with E-state index in [2.05, 4.69) is 80.3 Å². The summed E-state index contributed by atoms with van der Waals surface area (Å²) in [5.41, 5.74) is 2.35. The van der Waals surface area contributed by atoms with Crippen LogP contribution in [0.5, 0.6) is 11.5 Å². The number of fused-ring (bicyclic) bond motifs is 1. The third-order valence-corrected chi connectivity index (χ3v) is 7.39. The van der Waals surface area contributed by atoms with Gasteiger partial charge in [0, 0.05) is 18.0 Å². The van der Waals surface area contributed by atoms with E-state index in [1.807, 2.05) is 6.07 Å². The van der Waals surface area contributed by atoms with E-state index in [1.165, 1.54) is 18.4 Å². The van der Waals surface area contributed by atoms with Gasteiger partial charge in [0.2, 0.25) is 0 Å². The van der Waals surface area contributed by atoms with Crippen molar-refractivity contribution in [1.29, 1.82) is 0 Å². The van der Waals surface area contributed by atoms with E-state index >= 15 is 0 Å². The monoisotopic (exact) mass is 435 g/mol. The summed E-state index contributed by atoms with van der Waals surface area (Å²) in [4.78, 5) is 2.52. The Morgan fingerprint density at radius 3 is 2.50 bits per heavy atom. The molecular weight excluding hydrogens is 398 g/mol. The van der Waals surface area contributed by atoms with Crippen LogP contribution in [-0.2, 0) is 4.74 Å². The van der Waals surface area contributed by atoms with Gasteiger partial charge in [0.15, 0.2) is 11.5 Å². The summed E-state index contributed by atoms with van der Waals surface area (Å²) in [7, 11) is 3.36. The Morgan fingerprint density at radius 2 is 1.78 bits per heavy atom. The number of hydrogen-bond donors (Lipinski definition) is 0. The van der Waals surface area contributed by atoms with Gasteiger partial charge in [0.25, 0.3) is 0 Å². The van der Waals surface area contributed by atoms with Crippen LogP contribution >= 0.6 is 0 Å². The van der Waals surface area contributed by atoms with Crippen LogP contribution in [0.15, 0.2) is 54.6 Å². The largest absolute Gasteiger partial charge is 0.493 e. The molecule has 4 rings (SSSR count). The fourth-order valence-corrected chi connectivity index (χ4v) is 5.50. The zero-order valence-corrected chi connectivity index (χ0v) is 20.1. The highest BCUT2D eigenvalue weighted by Crippen LogP contribution is 2.49. The van der Waals surface area contributed by atoms with Gasteiger partial charge in [0.1, 0.15) is 6.23 Å². The maximum absolute atomic E-state index is 6.87. The van der Waals surface area contributed by atoms with Crippen molar-refractivity contribution < 1.29 is 14.2 Å². The molecule has 32 heavy (non-hydrogen) atoms. The van der Waals surface area contributed by atoms with Crippen molar-refractivity contribution in [3.63, 3.8) is 0 Å². The van der Waals surface area contributed by atoms with Gasteiger partial charge in [-0.1, -0.05) is 61.9 Å². The van der Waals surface area contributed by atoms with Crippen molar-refractivity contribution in [3.05, 3.63) is 65.7 Å². The smallest absolute Gasteiger partial charge is 0.161 e. The molecule has 0 bridgehead atoms. The fourth-order valence-electron chi connectivity index (χ4n) is 5.50. The first-order valence-corrected chi connectivity index (χ1v) is 11.8. The Labute approximate surface area is 193 Å². The minimum atomic E-state index is -0.128. The zero-order valence-electron chi connectivity index (χ0n) is 20.1. The molecule has 0 amide bonds. The number of benzene rings is 2. The minimum absolute atomic E-state index is 0.0158. The summed E-state index contributed by atoms with van der Waals surface area (Å²) >= 11 is 0. The molecule has 0 spiro atoms. The first-order chi connectivity index (χ1) is 15.4. The van der Waals surface area contributed by atoms with Crippen molar-refractivity contribution in [1.82, 2.24) is 4.90 Å². The Bertz CT molecular complexity index is 924. The number of methoxy groups -OCH3 is 2. The second-order valence-electron chi connectivity index (χ2n) is 9.79. The molecule has 1 heterocycles. The first-order valence-electron chi connectivity index (χ1n) is 11.8. The third kappa shape index (κ3) is 4.57. The van der Waals surface area contributed by atoms with Crippen molar-refractivity contribution in [2.24, 2.45) is 11.8 Å². The quantitative estimate of drug-likeness (QED) is 0.530. The Balaban J connectivity index is 1.67. The van der Waals surface area contributed by atoms with Crippen LogP contribution in [0.2, 0.25) is 0 Å². The van der Waals surface area contributed by atoms with Gasteiger partial charge in [-0.2, -0.15) is 0 Å². The number of rotatable bonds is 6. The zero-order chi connectivity index (χ0) is 22.7. The van der Waals surface area contributed by atoms with Crippen LogP contribution in [0, 0.1) is 11.8 Å². The Morgan fingerprint density at radius 1 is 1.03 bits per heavy atom. The predicted octanol–water partition coefficient (Wildman–Crippen LogP) is 6.33. The molecule has 0 radical (unpaired) electrons. The van der Waals surface area contributed by atoms with E-state index in [0.29, 0.717) is 11.8 Å². The van der Waals surface area contributed by atoms with E-state index in [9.17, 15) is 0 Å². The predicted molar refractivity (Wildman–Crippen MR) is 130 cm³/mol. The topological polar surface area (TPSA) is 30.9 Å². The highest BCUT2D eigenvalue weighted by Gasteiger charge is 2.50. The molecule has 4 heteroatoms. The second kappa shape index (κ2) is 9.68. The molecule has 1 aliphatic heterocycles. The summed E-state index contributed by atoms with van der Waals surface area (Å²) in [5.74, 6) is 2.72. The lowest BCUT2D eigenvalue weighted by Gasteiger charge is -2.57. The van der Waals surface area contributed by atoms with Crippen LogP contribution < -0.4 is 9.47 Å². The standard InChI is InChI=1S/C28H37NO3/c1-20-13-15-23-25(18-20)32-27(22-14-16-24(30-4)26(19-22)31-5)29(28(23,2)3)17-9-12-21-10-7-6-8-11-21/h6-12,14,16,19-20,23,25,27H,13,15,17-18H2,1-5H3/b12-9+/t20-,23-,25-,27+/m1/s1. The molecule has 2 aromatic carbocycles. The van der Waals surface area contributed by atoms with Crippen molar-refractivity contribution >= 4 is 6.08 Å². The maximum Gasteiger partial charge on any atom is 0.161 e. The lowest BCUT2D eigenvalue weighted by molar-refractivity contribution is -0.233. The van der Waals surface area contributed by atoms with Gasteiger partial charge in [-0.15, -0.1) is 0 Å². The molecule has 2 aliphatic rings. The molecule has 172 valence electrons. The Hall–Kier alpha value is -2.30. The van der Waals surface area contributed by atoms with Gasteiger partial charge in [-0.25, -0.2) is 0 Å². The van der Waals surface area contributed by atoms with E-state index in [0.717, 1.165) is 30.0 Å². The SMILES string of the molecule is COc1ccc([C@@H]2O[C@@H]3C[C@H](C)CC[C@H]3C(C)(C)N2C/C=C/c2ccccc2)cc1OC. The summed E-state index contributed by atoms with van der Waals surface area (Å²) in [6.07, 6.45) is 8.25. The second-order valence-corrected chi connectivity index (χ2v) is 9.79. The lowest BCUT2D eigenvalue weighted by atomic mass is 9.69. The van der Waals surface area contributed by atoms with E-state index < -0.39 is 0 Å². The van der Waals surface area contributed by atoms with Gasteiger partial charge in [-0.05, 0) is 55.9 Å². The molecule has 4 nitrogen and oxygen atoms in total. The van der Waals surface area contributed by atoms with Crippen LogP contribution in [0.3, 0.4) is 0 Å². The van der Waals surface area contributed by atoms with Crippen LogP contribution in [0.1, 0.15) is 57.4 Å². The van der Waals surface area contributed by atoms with Crippen molar-refractivity contribution in [2.45, 2.75) is 57.9 Å². The summed E-state index contributed by atoms with van der Waals surface area (Å²) < 4.78 is 17.9. The molecule has 1 saturated carbocycles. The number of ether oxygens (including phenoxy) is 3. The van der Waals surface area contributed by atoms with Crippen LogP contribution in [-0.4, -0.2) is 37.3 Å². The molecule has 2 aromatic rings. The average molecular weight is 436 g/mol. The highest BCUT2D eigenvalue weighted by molar-refractivity contribution is 5.49. The van der Waals surface area contributed by atoms with Gasteiger partial charge >= 0.3 is 0 Å². The van der Waals surface area contributed by atoms with Crippen LogP contribution in [0.4, 0.5) is 0 Å². The molecule has 0 N–H and O–H groups in total. The van der Waals surface area contributed by atoms with E-state index in [1.54, 1.807) is 14.2 Å². The molecule has 4 atom stereocenters. The highest BCUT2D eigenvalue weighted by atomic mass is 16.5. The summed E-state index contributed by atoms with van der Waals surface area (Å²) in [6, 6.07) is 16.6. The van der Waals surface area contributed by atoms with E-state index in [4.69, 9.17) is 14.2 Å². The summed E-state index contributed by atoms with van der Waals surface area (Å²) in [6.45, 7) is 7.97. The molecule has 2 fully saturated rings. The molecule has 1 aliphatic carbocycles. The molecule has 0 aromatic heterocycles. The normalized spacial score (nSPS) is 27.8. The number of nitrogens with zero attached hydrogens (tertiary/aromatic N) is 1. The third-order valence-electron chi connectivity index (χ3n) is 7.39. The van der Waals surface area contributed by atoms with Crippen LogP contribution in [0.25, 0.3) is 6.08 Å². The van der Waals surface area contributed by atoms with Gasteiger partial charge in [0.05, 0.1) is 20.3 Å². The van der Waals surface area contributed by atoms with Gasteiger partial charge in [-0.3, -0.25) is 4.90 Å². The molecule has 1 saturated heterocycles. The number of hydrogen-bond acceptors (Lipinski definition) is 4. The minimum Gasteiger partial charge on any atom is -0.493 e. The Kier molecular flexibility index (Phi) is 6.92. The van der Waals surface area contributed by atoms with Crippen molar-refractivity contribution in [3.8, 4) is 11.5 Å². The fraction of sp³-hybridized carbons (Fsp3) is 0.500. The van der Waals surface area contributed by atoms with Gasteiger partial charge < -0.3 is 14.2 Å². The summed E-state index contributed by atoms with van der Waals surface area (Å²) in [5, 5.41) is 0. The maximum atomic E-state index is 6.87. The average Bonchev–Trinajstić information content (AvgIpc) is 2.80. The first kappa shape index (κ1) is 22.9. The molecule has 0 unspecified atom stereocenters. The lowest BCUT2D eigenvalue weighted by Crippen LogP contribution is -2.61. The molecular formula is C28H37NO3. The van der Waals surface area contributed by atoms with Crippen molar-refractivity contribution in [2.75, 3.05) is 20.8 Å².